The van der Waals surface area contributed by atoms with Crippen LogP contribution in [0.2, 0.25) is 0 Å². The Balaban J connectivity index is 2.80. The van der Waals surface area contributed by atoms with Crippen LogP contribution in [0.3, 0.4) is 0 Å². The highest BCUT2D eigenvalue weighted by atomic mass is 32.2. The predicted octanol–water partition coefficient (Wildman–Crippen LogP) is 1.18. The molecule has 0 amide bonds. The smallest absolute Gasteiger partial charge is 0.147 e. The van der Waals surface area contributed by atoms with Gasteiger partial charge >= 0.3 is 0 Å². The molecule has 0 spiro atoms. The molecule has 1 aromatic rings. The molecule has 19 heavy (non-hydrogen) atoms. The third kappa shape index (κ3) is 5.12. The Bertz CT molecular complexity index is 583. The van der Waals surface area contributed by atoms with Gasteiger partial charge in [-0.2, -0.15) is 0 Å². The topological polar surface area (TPSA) is 85.1 Å². The van der Waals surface area contributed by atoms with Crippen LogP contribution in [0.1, 0.15) is 23.2 Å². The van der Waals surface area contributed by atoms with Crippen LogP contribution in [0.5, 0.6) is 0 Å². The summed E-state index contributed by atoms with van der Waals surface area (Å²) in [5.74, 6) is 0.770. The van der Waals surface area contributed by atoms with E-state index in [0.717, 1.165) is 16.8 Å². The normalized spacial score (nSPS) is 11.3. The second-order valence-corrected chi connectivity index (χ2v) is 7.28. The van der Waals surface area contributed by atoms with Gasteiger partial charge in [0, 0.05) is 18.5 Å². The first-order chi connectivity index (χ1) is 8.70. The van der Waals surface area contributed by atoms with Gasteiger partial charge in [-0.1, -0.05) is 12.2 Å². The largest absolute Gasteiger partial charge is 0.389 e. The lowest BCUT2D eigenvalue weighted by Gasteiger charge is -2.13. The monoisotopic (exact) mass is 301 g/mol. The molecule has 1 aromatic heterocycles. The maximum absolute atomic E-state index is 11.0. The number of nitrogens with zero attached hydrogens (tertiary/aromatic N) is 1. The average Bonchev–Trinajstić information content (AvgIpc) is 2.21. The molecule has 0 fully saturated rings. The first-order valence-corrected chi connectivity index (χ1v) is 8.37. The molecule has 0 aliphatic rings. The molecule has 0 saturated carbocycles. The molecule has 0 atom stereocenters. The van der Waals surface area contributed by atoms with Gasteiger partial charge in [-0.25, -0.2) is 13.4 Å². The van der Waals surface area contributed by atoms with Gasteiger partial charge in [0.25, 0.3) is 0 Å². The number of rotatable bonds is 6. The lowest BCUT2D eigenvalue weighted by molar-refractivity contribution is 0.600. The molecular formula is C12H19N3O2S2. The van der Waals surface area contributed by atoms with Crippen molar-refractivity contribution in [3.63, 3.8) is 0 Å². The fourth-order valence-corrected chi connectivity index (χ4v) is 2.74. The maximum atomic E-state index is 11.0. The average molecular weight is 301 g/mol. The molecule has 7 heteroatoms. The number of anilines is 1. The van der Waals surface area contributed by atoms with E-state index in [4.69, 9.17) is 18.0 Å². The molecule has 0 aromatic carbocycles. The Morgan fingerprint density at radius 3 is 2.63 bits per heavy atom. The second-order valence-electron chi connectivity index (χ2n) is 4.58. The highest BCUT2D eigenvalue weighted by Crippen LogP contribution is 2.18. The first kappa shape index (κ1) is 15.8. The summed E-state index contributed by atoms with van der Waals surface area (Å²) < 4.78 is 22.1. The zero-order valence-electron chi connectivity index (χ0n) is 11.4. The molecular weight excluding hydrogens is 282 g/mol. The van der Waals surface area contributed by atoms with Crippen molar-refractivity contribution in [3.05, 3.63) is 22.9 Å². The van der Waals surface area contributed by atoms with Crippen LogP contribution < -0.4 is 11.1 Å². The highest BCUT2D eigenvalue weighted by molar-refractivity contribution is 7.90. The number of nitrogens with one attached hydrogen (secondary N) is 1. The zero-order valence-corrected chi connectivity index (χ0v) is 13.0. The van der Waals surface area contributed by atoms with Gasteiger partial charge in [0.05, 0.1) is 11.3 Å². The summed E-state index contributed by atoms with van der Waals surface area (Å²) in [6.07, 6.45) is 1.74. The molecule has 0 bridgehead atoms. The van der Waals surface area contributed by atoms with Crippen LogP contribution in [0.25, 0.3) is 0 Å². The second kappa shape index (κ2) is 6.29. The van der Waals surface area contributed by atoms with Crippen molar-refractivity contribution in [1.29, 1.82) is 0 Å². The molecule has 0 aliphatic heterocycles. The van der Waals surface area contributed by atoms with Gasteiger partial charge in [0.2, 0.25) is 0 Å². The molecule has 0 saturated heterocycles. The fraction of sp³-hybridized carbons (Fsp3) is 0.500. The number of hydrogen-bond donors (Lipinski definition) is 2. The van der Waals surface area contributed by atoms with E-state index in [1.807, 2.05) is 19.9 Å². The molecule has 5 nitrogen and oxygen atoms in total. The van der Waals surface area contributed by atoms with E-state index in [-0.39, 0.29) is 10.7 Å². The van der Waals surface area contributed by atoms with Crippen molar-refractivity contribution in [3.8, 4) is 0 Å². The third-order valence-electron chi connectivity index (χ3n) is 2.58. The molecule has 3 N–H and O–H groups in total. The van der Waals surface area contributed by atoms with Gasteiger partial charge in [0.1, 0.15) is 20.6 Å². The van der Waals surface area contributed by atoms with Crippen molar-refractivity contribution in [2.24, 2.45) is 5.73 Å². The van der Waals surface area contributed by atoms with Crippen molar-refractivity contribution in [1.82, 2.24) is 4.98 Å². The lowest BCUT2D eigenvalue weighted by Crippen LogP contribution is -2.18. The number of nitrogens with two attached hydrogens (primary N) is 1. The first-order valence-electron chi connectivity index (χ1n) is 5.90. The minimum Gasteiger partial charge on any atom is -0.389 e. The van der Waals surface area contributed by atoms with E-state index >= 15 is 0 Å². The van der Waals surface area contributed by atoms with Crippen LogP contribution in [0, 0.1) is 13.8 Å². The standard InChI is InChI=1S/C12H19N3O2S2/c1-8-7-9(2)15-12(10(8)11(13)18)14-5-4-6-19(3,16)17/h7H,4-6H2,1-3H3,(H2,13,18)(H,14,15). The maximum Gasteiger partial charge on any atom is 0.147 e. The third-order valence-corrected chi connectivity index (χ3v) is 3.81. The summed E-state index contributed by atoms with van der Waals surface area (Å²) in [5, 5.41) is 3.11. The number of aromatic nitrogens is 1. The minimum absolute atomic E-state index is 0.146. The number of pyridine rings is 1. The van der Waals surface area contributed by atoms with E-state index in [2.05, 4.69) is 10.3 Å². The van der Waals surface area contributed by atoms with Crippen LogP contribution in [-0.2, 0) is 9.84 Å². The Kier molecular flexibility index (Phi) is 5.25. The van der Waals surface area contributed by atoms with Gasteiger partial charge in [-0.05, 0) is 31.9 Å². The highest BCUT2D eigenvalue weighted by Gasteiger charge is 2.11. The quantitative estimate of drug-likeness (QED) is 0.606. The van der Waals surface area contributed by atoms with Gasteiger partial charge < -0.3 is 11.1 Å². The summed E-state index contributed by atoms with van der Waals surface area (Å²) in [5.41, 5.74) is 8.24. The Labute approximate surface area is 119 Å². The summed E-state index contributed by atoms with van der Waals surface area (Å²) in [4.78, 5) is 4.65. The lowest BCUT2D eigenvalue weighted by atomic mass is 10.1. The summed E-state index contributed by atoms with van der Waals surface area (Å²) >= 11 is 5.02. The molecule has 0 aliphatic carbocycles. The number of aryl methyl sites for hydroxylation is 2. The zero-order chi connectivity index (χ0) is 14.6. The number of hydrogen-bond acceptors (Lipinski definition) is 5. The van der Waals surface area contributed by atoms with Crippen LogP contribution in [0.4, 0.5) is 5.82 Å². The van der Waals surface area contributed by atoms with E-state index < -0.39 is 9.84 Å². The SMILES string of the molecule is Cc1cc(C)c(C(N)=S)c(NCCCS(C)(=O)=O)n1. The Morgan fingerprint density at radius 1 is 1.47 bits per heavy atom. The van der Waals surface area contributed by atoms with Crippen molar-refractivity contribution in [2.75, 3.05) is 23.9 Å². The van der Waals surface area contributed by atoms with E-state index in [0.29, 0.717) is 18.8 Å². The summed E-state index contributed by atoms with van der Waals surface area (Å²) in [7, 11) is -2.93. The van der Waals surface area contributed by atoms with E-state index in [9.17, 15) is 8.42 Å². The Hall–Kier alpha value is -1.21. The molecule has 1 heterocycles. The molecule has 0 radical (unpaired) electrons. The van der Waals surface area contributed by atoms with Crippen molar-refractivity contribution >= 4 is 32.9 Å². The summed E-state index contributed by atoms with van der Waals surface area (Å²) in [6, 6.07) is 1.91. The minimum atomic E-state index is -2.93. The van der Waals surface area contributed by atoms with Crippen molar-refractivity contribution in [2.45, 2.75) is 20.3 Å². The number of sulfone groups is 1. The van der Waals surface area contributed by atoms with Crippen LogP contribution in [-0.4, -0.2) is 36.9 Å². The Morgan fingerprint density at radius 2 is 2.11 bits per heavy atom. The van der Waals surface area contributed by atoms with Crippen LogP contribution in [0.15, 0.2) is 6.07 Å². The number of thiocarbonyl (C=S) groups is 1. The molecule has 106 valence electrons. The predicted molar refractivity (Wildman–Crippen MR) is 82.4 cm³/mol. The van der Waals surface area contributed by atoms with Crippen LogP contribution >= 0.6 is 12.2 Å². The fourth-order valence-electron chi connectivity index (χ4n) is 1.82. The molecule has 0 unspecified atom stereocenters. The van der Waals surface area contributed by atoms with Gasteiger partial charge in [-0.15, -0.1) is 0 Å². The van der Waals surface area contributed by atoms with E-state index in [1.165, 1.54) is 6.26 Å². The van der Waals surface area contributed by atoms with E-state index in [1.54, 1.807) is 0 Å². The summed E-state index contributed by atoms with van der Waals surface area (Å²) in [6.45, 7) is 4.32. The van der Waals surface area contributed by atoms with Crippen molar-refractivity contribution < 1.29 is 8.42 Å². The molecule has 1 rings (SSSR count). The van der Waals surface area contributed by atoms with Gasteiger partial charge in [-0.3, -0.25) is 0 Å². The van der Waals surface area contributed by atoms with Gasteiger partial charge in [0.15, 0.2) is 0 Å².